The van der Waals surface area contributed by atoms with E-state index in [0.29, 0.717) is 0 Å². The van der Waals surface area contributed by atoms with Crippen LogP contribution >= 0.6 is 0 Å². The van der Waals surface area contributed by atoms with Gasteiger partial charge in [0.05, 0.1) is 0 Å². The van der Waals surface area contributed by atoms with Crippen LogP contribution in [0.2, 0.25) is 0 Å². The lowest BCUT2D eigenvalue weighted by Gasteiger charge is -2.34. The van der Waals surface area contributed by atoms with Gasteiger partial charge >= 0.3 is 0 Å². The molecule has 0 amide bonds. The van der Waals surface area contributed by atoms with Gasteiger partial charge in [-0.15, -0.1) is 0 Å². The second-order valence-corrected chi connectivity index (χ2v) is 4.93. The van der Waals surface area contributed by atoms with Crippen LogP contribution in [0.15, 0.2) is 0 Å². The third kappa shape index (κ3) is 1.95. The Kier molecular flexibility index (Phi) is 3.10. The Morgan fingerprint density at radius 2 is 1.79 bits per heavy atom. The quantitative estimate of drug-likeness (QED) is 0.643. The fraction of sp³-hybridized carbons (Fsp3) is 1.00. The summed E-state index contributed by atoms with van der Waals surface area (Å²) in [6.07, 6.45) is 1.42. The maximum Gasteiger partial charge on any atom is 0.0239 e. The molecule has 2 heterocycles. The summed E-state index contributed by atoms with van der Waals surface area (Å²) in [7, 11) is 4.32. The zero-order valence-electron chi connectivity index (χ0n) is 9.74. The molecule has 2 rings (SSSR count). The first-order valence-corrected chi connectivity index (χ1v) is 5.83. The van der Waals surface area contributed by atoms with Crippen LogP contribution in [-0.2, 0) is 0 Å². The normalized spacial score (nSPS) is 33.4. The van der Waals surface area contributed by atoms with Crippen LogP contribution in [0.4, 0.5) is 0 Å². The number of hydrogen-bond donors (Lipinski definition) is 0. The Balaban J connectivity index is 1.78. The van der Waals surface area contributed by atoms with Crippen molar-refractivity contribution < 1.29 is 0 Å². The standard InChI is InChI=1S/C11H23N3/c1-4-13-8-11-7-10(13)9-14(11)6-5-12(2)3/h10-11H,4-9H2,1-3H3. The Hall–Kier alpha value is -0.120. The summed E-state index contributed by atoms with van der Waals surface area (Å²) in [6.45, 7) is 8.61. The molecule has 3 heteroatoms. The van der Waals surface area contributed by atoms with Crippen LogP contribution in [-0.4, -0.2) is 73.6 Å². The van der Waals surface area contributed by atoms with Gasteiger partial charge < -0.3 is 4.90 Å². The van der Waals surface area contributed by atoms with Crippen molar-refractivity contribution >= 4 is 0 Å². The van der Waals surface area contributed by atoms with E-state index >= 15 is 0 Å². The zero-order valence-corrected chi connectivity index (χ0v) is 9.74. The van der Waals surface area contributed by atoms with E-state index in [1.54, 1.807) is 0 Å². The minimum atomic E-state index is 0.861. The van der Waals surface area contributed by atoms with Gasteiger partial charge in [0.15, 0.2) is 0 Å². The van der Waals surface area contributed by atoms with Gasteiger partial charge in [0.25, 0.3) is 0 Å². The number of piperazine rings is 1. The van der Waals surface area contributed by atoms with Gasteiger partial charge in [0.1, 0.15) is 0 Å². The smallest absolute Gasteiger partial charge is 0.0239 e. The molecule has 82 valence electrons. The molecule has 0 spiro atoms. The van der Waals surface area contributed by atoms with E-state index in [0.717, 1.165) is 12.1 Å². The molecule has 0 aromatic rings. The summed E-state index contributed by atoms with van der Waals surface area (Å²) >= 11 is 0. The molecule has 14 heavy (non-hydrogen) atoms. The SMILES string of the molecule is CCN1CC2CC1CN2CCN(C)C. The van der Waals surface area contributed by atoms with Gasteiger partial charge in [-0.3, -0.25) is 9.80 Å². The van der Waals surface area contributed by atoms with Gasteiger partial charge in [0, 0.05) is 38.3 Å². The average molecular weight is 197 g/mol. The fourth-order valence-corrected chi connectivity index (χ4v) is 2.82. The highest BCUT2D eigenvalue weighted by Gasteiger charge is 2.41. The van der Waals surface area contributed by atoms with Crippen LogP contribution in [0.25, 0.3) is 0 Å². The molecule has 2 unspecified atom stereocenters. The number of fused-ring (bicyclic) bond motifs is 2. The van der Waals surface area contributed by atoms with Gasteiger partial charge in [0.2, 0.25) is 0 Å². The number of nitrogens with zero attached hydrogens (tertiary/aromatic N) is 3. The van der Waals surface area contributed by atoms with Crippen molar-refractivity contribution in [3.8, 4) is 0 Å². The van der Waals surface area contributed by atoms with Crippen molar-refractivity contribution in [3.05, 3.63) is 0 Å². The van der Waals surface area contributed by atoms with E-state index in [2.05, 4.69) is 35.7 Å². The fourth-order valence-electron chi connectivity index (χ4n) is 2.82. The van der Waals surface area contributed by atoms with E-state index in [-0.39, 0.29) is 0 Å². The highest BCUT2D eigenvalue weighted by atomic mass is 15.4. The Labute approximate surface area is 87.7 Å². The number of rotatable bonds is 4. The largest absolute Gasteiger partial charge is 0.308 e. The first-order valence-electron chi connectivity index (χ1n) is 5.83. The minimum Gasteiger partial charge on any atom is -0.308 e. The molecular weight excluding hydrogens is 174 g/mol. The number of likely N-dealkylation sites (N-methyl/N-ethyl adjacent to an activating group) is 2. The van der Waals surface area contributed by atoms with Crippen molar-refractivity contribution in [2.45, 2.75) is 25.4 Å². The van der Waals surface area contributed by atoms with Crippen LogP contribution in [0.5, 0.6) is 0 Å². The van der Waals surface area contributed by atoms with Crippen LogP contribution in [0.3, 0.4) is 0 Å². The monoisotopic (exact) mass is 197 g/mol. The molecule has 0 aromatic heterocycles. The van der Waals surface area contributed by atoms with Gasteiger partial charge in [-0.25, -0.2) is 0 Å². The van der Waals surface area contributed by atoms with E-state index < -0.39 is 0 Å². The van der Waals surface area contributed by atoms with E-state index in [4.69, 9.17) is 0 Å². The van der Waals surface area contributed by atoms with Gasteiger partial charge in [-0.2, -0.15) is 0 Å². The van der Waals surface area contributed by atoms with Gasteiger partial charge in [-0.05, 0) is 27.1 Å². The summed E-state index contributed by atoms with van der Waals surface area (Å²) in [5.41, 5.74) is 0. The molecule has 0 saturated carbocycles. The van der Waals surface area contributed by atoms with Crippen molar-refractivity contribution in [3.63, 3.8) is 0 Å². The Morgan fingerprint density at radius 1 is 1.14 bits per heavy atom. The second-order valence-electron chi connectivity index (χ2n) is 4.93. The second kappa shape index (κ2) is 4.17. The zero-order chi connectivity index (χ0) is 10.1. The molecule has 2 saturated heterocycles. The Morgan fingerprint density at radius 3 is 2.29 bits per heavy atom. The molecule has 2 fully saturated rings. The molecule has 2 atom stereocenters. The molecule has 0 N–H and O–H groups in total. The molecular formula is C11H23N3. The molecule has 2 aliphatic heterocycles. The van der Waals surface area contributed by atoms with Crippen molar-refractivity contribution in [2.24, 2.45) is 0 Å². The Bertz CT molecular complexity index is 193. The average Bonchev–Trinajstić information content (AvgIpc) is 2.72. The summed E-state index contributed by atoms with van der Waals surface area (Å²) < 4.78 is 0. The van der Waals surface area contributed by atoms with Crippen LogP contribution in [0.1, 0.15) is 13.3 Å². The third-order valence-electron chi connectivity index (χ3n) is 3.71. The summed E-state index contributed by atoms with van der Waals surface area (Å²) in [6, 6.07) is 1.73. The maximum absolute atomic E-state index is 2.68. The lowest BCUT2D eigenvalue weighted by molar-refractivity contribution is 0.126. The highest BCUT2D eigenvalue weighted by Crippen LogP contribution is 2.29. The highest BCUT2D eigenvalue weighted by molar-refractivity contribution is 4.99. The van der Waals surface area contributed by atoms with Crippen molar-refractivity contribution in [1.82, 2.24) is 14.7 Å². The predicted octanol–water partition coefficient (Wildman–Crippen LogP) is 0.326. The molecule has 2 aliphatic rings. The lowest BCUT2D eigenvalue weighted by Crippen LogP contribution is -2.47. The van der Waals surface area contributed by atoms with Crippen LogP contribution in [0, 0.1) is 0 Å². The molecule has 0 radical (unpaired) electrons. The summed E-state index contributed by atoms with van der Waals surface area (Å²) in [5, 5.41) is 0. The number of hydrogen-bond acceptors (Lipinski definition) is 3. The molecule has 0 aromatic carbocycles. The molecule has 0 aliphatic carbocycles. The minimum absolute atomic E-state index is 0.861. The number of likely N-dealkylation sites (tertiary alicyclic amines) is 2. The van der Waals surface area contributed by atoms with E-state index in [1.165, 1.54) is 39.1 Å². The lowest BCUT2D eigenvalue weighted by atomic mass is 10.2. The topological polar surface area (TPSA) is 9.72 Å². The molecule has 3 nitrogen and oxygen atoms in total. The summed E-state index contributed by atoms with van der Waals surface area (Å²) in [5.74, 6) is 0. The van der Waals surface area contributed by atoms with Crippen molar-refractivity contribution in [2.75, 3.05) is 46.8 Å². The van der Waals surface area contributed by atoms with Crippen LogP contribution < -0.4 is 0 Å². The third-order valence-corrected chi connectivity index (χ3v) is 3.71. The predicted molar refractivity (Wildman–Crippen MR) is 59.6 cm³/mol. The molecule has 2 bridgehead atoms. The summed E-state index contributed by atoms with van der Waals surface area (Å²) in [4.78, 5) is 7.59. The van der Waals surface area contributed by atoms with E-state index in [9.17, 15) is 0 Å². The van der Waals surface area contributed by atoms with E-state index in [1.807, 2.05) is 0 Å². The first kappa shape index (κ1) is 10.4. The maximum atomic E-state index is 2.68. The van der Waals surface area contributed by atoms with Gasteiger partial charge in [-0.1, -0.05) is 6.92 Å². The van der Waals surface area contributed by atoms with Crippen molar-refractivity contribution in [1.29, 1.82) is 0 Å². The first-order chi connectivity index (χ1) is 6.70.